The largest absolute Gasteiger partial charge is 0.374 e. The lowest BCUT2D eigenvalue weighted by atomic mass is 10.0. The van der Waals surface area contributed by atoms with Crippen LogP contribution >= 0.6 is 0 Å². The molecule has 1 unspecified atom stereocenters. The second-order valence-corrected chi connectivity index (χ2v) is 5.22. The predicted molar refractivity (Wildman–Crippen MR) is 74.8 cm³/mol. The molecule has 1 aliphatic rings. The average molecular weight is 248 g/mol. The van der Waals surface area contributed by atoms with Gasteiger partial charge in [-0.25, -0.2) is 0 Å². The van der Waals surface area contributed by atoms with Gasteiger partial charge in [0.25, 0.3) is 0 Å². The fourth-order valence-electron chi connectivity index (χ4n) is 2.15. The first-order valence-corrected chi connectivity index (χ1v) is 6.87. The monoisotopic (exact) mass is 248 g/mol. The second kappa shape index (κ2) is 6.88. The van der Waals surface area contributed by atoms with Crippen LogP contribution in [0.5, 0.6) is 0 Å². The molecular weight excluding hydrogens is 224 g/mol. The van der Waals surface area contributed by atoms with E-state index in [9.17, 15) is 0 Å². The van der Waals surface area contributed by atoms with Crippen molar-refractivity contribution in [2.24, 2.45) is 0 Å². The summed E-state index contributed by atoms with van der Waals surface area (Å²) in [4.78, 5) is 0. The van der Waals surface area contributed by atoms with Gasteiger partial charge in [-0.3, -0.25) is 0 Å². The van der Waals surface area contributed by atoms with E-state index in [1.807, 2.05) is 0 Å². The fraction of sp³-hybridized carbons (Fsp3) is 0.600. The third kappa shape index (κ3) is 4.09. The van der Waals surface area contributed by atoms with E-state index in [2.05, 4.69) is 48.7 Å². The first-order chi connectivity index (χ1) is 8.75. The second-order valence-electron chi connectivity index (χ2n) is 5.22. The molecule has 1 heterocycles. The molecule has 1 saturated heterocycles. The molecule has 0 spiro atoms. The van der Waals surface area contributed by atoms with Gasteiger partial charge in [0.2, 0.25) is 0 Å². The van der Waals surface area contributed by atoms with E-state index in [0.29, 0.717) is 12.0 Å². The average Bonchev–Trinajstić information content (AvgIpc) is 2.40. The predicted octanol–water partition coefficient (Wildman–Crippen LogP) is 1.89. The van der Waals surface area contributed by atoms with Crippen LogP contribution in [0.2, 0.25) is 0 Å². The standard InChI is InChI=1S/C15H24N2O/c1-12(2)14-5-3-13(4-6-14)9-17-11-15-10-16-7-8-18-15/h3-6,12,15-17H,7-11H2,1-2H3. The summed E-state index contributed by atoms with van der Waals surface area (Å²) in [6.45, 7) is 9.04. The molecule has 1 aromatic carbocycles. The number of hydrogen-bond acceptors (Lipinski definition) is 3. The third-order valence-electron chi connectivity index (χ3n) is 3.35. The smallest absolute Gasteiger partial charge is 0.0824 e. The zero-order valence-corrected chi connectivity index (χ0v) is 11.4. The normalized spacial score (nSPS) is 20.3. The molecule has 1 fully saturated rings. The molecule has 18 heavy (non-hydrogen) atoms. The summed E-state index contributed by atoms with van der Waals surface area (Å²) in [6.07, 6.45) is 0.314. The minimum absolute atomic E-state index is 0.314. The molecule has 0 saturated carbocycles. The van der Waals surface area contributed by atoms with Crippen molar-refractivity contribution >= 4 is 0 Å². The van der Waals surface area contributed by atoms with Gasteiger partial charge in [-0.1, -0.05) is 38.1 Å². The van der Waals surface area contributed by atoms with Gasteiger partial charge < -0.3 is 15.4 Å². The van der Waals surface area contributed by atoms with Gasteiger partial charge in [0, 0.05) is 26.2 Å². The van der Waals surface area contributed by atoms with E-state index in [4.69, 9.17) is 4.74 Å². The lowest BCUT2D eigenvalue weighted by molar-refractivity contribution is 0.0290. The minimum atomic E-state index is 0.314. The molecule has 3 heteroatoms. The van der Waals surface area contributed by atoms with Crippen molar-refractivity contribution < 1.29 is 4.74 Å². The number of nitrogens with one attached hydrogen (secondary N) is 2. The molecule has 0 radical (unpaired) electrons. The van der Waals surface area contributed by atoms with Crippen LogP contribution in [-0.4, -0.2) is 32.3 Å². The zero-order valence-electron chi connectivity index (χ0n) is 11.4. The Morgan fingerprint density at radius 2 is 2.11 bits per heavy atom. The first kappa shape index (κ1) is 13.5. The number of rotatable bonds is 5. The van der Waals surface area contributed by atoms with Crippen molar-refractivity contribution in [1.29, 1.82) is 0 Å². The molecule has 0 aliphatic carbocycles. The van der Waals surface area contributed by atoms with Gasteiger partial charge in [-0.05, 0) is 17.0 Å². The lowest BCUT2D eigenvalue weighted by Crippen LogP contribution is -2.43. The molecule has 0 bridgehead atoms. The van der Waals surface area contributed by atoms with E-state index >= 15 is 0 Å². The molecule has 1 aromatic rings. The van der Waals surface area contributed by atoms with Gasteiger partial charge in [0.1, 0.15) is 0 Å². The van der Waals surface area contributed by atoms with Crippen LogP contribution in [0.15, 0.2) is 24.3 Å². The molecule has 1 atom stereocenters. The zero-order chi connectivity index (χ0) is 12.8. The van der Waals surface area contributed by atoms with Gasteiger partial charge in [0.05, 0.1) is 12.7 Å². The Labute approximate surface area is 110 Å². The number of morpholine rings is 1. The van der Waals surface area contributed by atoms with Crippen LogP contribution in [0.1, 0.15) is 30.9 Å². The highest BCUT2D eigenvalue weighted by atomic mass is 16.5. The summed E-state index contributed by atoms with van der Waals surface area (Å²) in [5.41, 5.74) is 2.74. The summed E-state index contributed by atoms with van der Waals surface area (Å²) < 4.78 is 5.64. The topological polar surface area (TPSA) is 33.3 Å². The SMILES string of the molecule is CC(C)c1ccc(CNCC2CNCCO2)cc1. The Bertz CT molecular complexity index is 342. The maximum Gasteiger partial charge on any atom is 0.0824 e. The minimum Gasteiger partial charge on any atom is -0.374 e. The van der Waals surface area contributed by atoms with Crippen molar-refractivity contribution in [3.05, 3.63) is 35.4 Å². The van der Waals surface area contributed by atoms with Crippen LogP contribution in [-0.2, 0) is 11.3 Å². The highest BCUT2D eigenvalue weighted by molar-refractivity contribution is 5.24. The lowest BCUT2D eigenvalue weighted by Gasteiger charge is -2.23. The molecule has 0 amide bonds. The maximum atomic E-state index is 5.64. The van der Waals surface area contributed by atoms with Crippen LogP contribution in [0.3, 0.4) is 0 Å². The maximum absolute atomic E-state index is 5.64. The van der Waals surface area contributed by atoms with Crippen molar-refractivity contribution in [2.45, 2.75) is 32.4 Å². The van der Waals surface area contributed by atoms with Crippen molar-refractivity contribution in [3.63, 3.8) is 0 Å². The highest BCUT2D eigenvalue weighted by Crippen LogP contribution is 2.14. The molecule has 100 valence electrons. The summed E-state index contributed by atoms with van der Waals surface area (Å²) in [5, 5.41) is 6.79. The Balaban J connectivity index is 1.72. The summed E-state index contributed by atoms with van der Waals surface area (Å²) in [5.74, 6) is 0.605. The summed E-state index contributed by atoms with van der Waals surface area (Å²) in [7, 11) is 0. The molecule has 3 nitrogen and oxygen atoms in total. The Morgan fingerprint density at radius 3 is 2.72 bits per heavy atom. The van der Waals surface area contributed by atoms with E-state index in [1.54, 1.807) is 0 Å². The number of ether oxygens (including phenoxy) is 1. The van der Waals surface area contributed by atoms with E-state index in [-0.39, 0.29) is 0 Å². The molecule has 0 aromatic heterocycles. The van der Waals surface area contributed by atoms with E-state index in [0.717, 1.165) is 32.8 Å². The van der Waals surface area contributed by atoms with Crippen LogP contribution in [0.25, 0.3) is 0 Å². The Kier molecular flexibility index (Phi) is 5.17. The van der Waals surface area contributed by atoms with Crippen LogP contribution < -0.4 is 10.6 Å². The third-order valence-corrected chi connectivity index (χ3v) is 3.35. The van der Waals surface area contributed by atoms with Gasteiger partial charge in [0.15, 0.2) is 0 Å². The quantitative estimate of drug-likeness (QED) is 0.835. The number of benzene rings is 1. The molecule has 1 aliphatic heterocycles. The van der Waals surface area contributed by atoms with E-state index in [1.165, 1.54) is 11.1 Å². The Hall–Kier alpha value is -0.900. The molecular formula is C15H24N2O. The van der Waals surface area contributed by atoms with Gasteiger partial charge in [-0.2, -0.15) is 0 Å². The number of hydrogen-bond donors (Lipinski definition) is 2. The fourth-order valence-corrected chi connectivity index (χ4v) is 2.15. The highest BCUT2D eigenvalue weighted by Gasteiger charge is 2.12. The summed E-state index contributed by atoms with van der Waals surface area (Å²) in [6, 6.07) is 8.87. The first-order valence-electron chi connectivity index (χ1n) is 6.87. The van der Waals surface area contributed by atoms with Crippen LogP contribution in [0, 0.1) is 0 Å². The summed E-state index contributed by atoms with van der Waals surface area (Å²) >= 11 is 0. The van der Waals surface area contributed by atoms with Crippen molar-refractivity contribution in [1.82, 2.24) is 10.6 Å². The van der Waals surface area contributed by atoms with Gasteiger partial charge >= 0.3 is 0 Å². The Morgan fingerprint density at radius 1 is 1.33 bits per heavy atom. The van der Waals surface area contributed by atoms with Crippen LogP contribution in [0.4, 0.5) is 0 Å². The van der Waals surface area contributed by atoms with Crippen molar-refractivity contribution in [2.75, 3.05) is 26.2 Å². The van der Waals surface area contributed by atoms with Gasteiger partial charge in [-0.15, -0.1) is 0 Å². The molecule has 2 rings (SSSR count). The van der Waals surface area contributed by atoms with Crippen molar-refractivity contribution in [3.8, 4) is 0 Å². The molecule has 2 N–H and O–H groups in total. The van der Waals surface area contributed by atoms with E-state index < -0.39 is 0 Å².